The monoisotopic (exact) mass is 351 g/mol. The number of aromatic nitrogens is 2. The van der Waals surface area contributed by atoms with Gasteiger partial charge in [0.1, 0.15) is 11.6 Å². The number of hydrogen-bond donors (Lipinski definition) is 1. The van der Waals surface area contributed by atoms with Crippen LogP contribution in [0.1, 0.15) is 30.2 Å². The molecular formula is C17H19F2N3OS. The van der Waals surface area contributed by atoms with Crippen molar-refractivity contribution >= 4 is 11.8 Å². The van der Waals surface area contributed by atoms with Gasteiger partial charge in [0.2, 0.25) is 0 Å². The van der Waals surface area contributed by atoms with Crippen molar-refractivity contribution in [2.24, 2.45) is 0 Å². The van der Waals surface area contributed by atoms with Crippen LogP contribution in [0, 0.1) is 11.6 Å². The van der Waals surface area contributed by atoms with Crippen molar-refractivity contribution in [3.63, 3.8) is 0 Å². The van der Waals surface area contributed by atoms with E-state index >= 15 is 0 Å². The second kappa shape index (κ2) is 7.44. The van der Waals surface area contributed by atoms with Gasteiger partial charge in [0, 0.05) is 31.3 Å². The van der Waals surface area contributed by atoms with Crippen LogP contribution in [0.4, 0.5) is 8.78 Å². The molecule has 0 unspecified atom stereocenters. The zero-order valence-electron chi connectivity index (χ0n) is 13.4. The third kappa shape index (κ3) is 4.02. The van der Waals surface area contributed by atoms with Gasteiger partial charge in [0.15, 0.2) is 5.16 Å². The maximum absolute atomic E-state index is 13.2. The Hall–Kier alpha value is -1.73. The number of aromatic amines is 1. The number of fused-ring (bicyclic) bond motifs is 1. The molecule has 3 rings (SSSR count). The van der Waals surface area contributed by atoms with Gasteiger partial charge in [-0.1, -0.05) is 18.7 Å². The summed E-state index contributed by atoms with van der Waals surface area (Å²) in [7, 11) is 0. The van der Waals surface area contributed by atoms with Gasteiger partial charge in [-0.15, -0.1) is 0 Å². The number of hydrogen-bond acceptors (Lipinski definition) is 4. The number of benzene rings is 1. The Bertz CT molecular complexity index is 774. The molecule has 0 bridgehead atoms. The number of H-pyrrole nitrogens is 1. The lowest BCUT2D eigenvalue weighted by Gasteiger charge is -2.27. The van der Waals surface area contributed by atoms with Crippen LogP contribution in [0.3, 0.4) is 0 Å². The Balaban J connectivity index is 1.74. The van der Waals surface area contributed by atoms with E-state index in [9.17, 15) is 13.6 Å². The molecule has 1 aromatic carbocycles. The largest absolute Gasteiger partial charge is 0.301 e. The van der Waals surface area contributed by atoms with Crippen LogP contribution in [0.15, 0.2) is 28.2 Å². The van der Waals surface area contributed by atoms with Gasteiger partial charge in [-0.3, -0.25) is 9.69 Å². The standard InChI is InChI=1S/C17H19F2N3OS/c1-2-4-22-5-3-15-14(9-22)16(23)21-17(20-15)24-10-11-6-12(18)8-13(19)7-11/h6-8H,2-5,9-10H2,1H3,(H,20,21,23). The molecule has 0 atom stereocenters. The number of halogens is 2. The summed E-state index contributed by atoms with van der Waals surface area (Å²) in [6.45, 7) is 4.62. The smallest absolute Gasteiger partial charge is 0.256 e. The second-order valence-corrected chi connectivity index (χ2v) is 6.85. The zero-order chi connectivity index (χ0) is 17.1. The molecule has 128 valence electrons. The van der Waals surface area contributed by atoms with Crippen molar-refractivity contribution < 1.29 is 8.78 Å². The molecule has 1 aromatic heterocycles. The lowest BCUT2D eigenvalue weighted by Crippen LogP contribution is -2.36. The Morgan fingerprint density at radius 1 is 1.29 bits per heavy atom. The first-order valence-electron chi connectivity index (χ1n) is 7.97. The first-order chi connectivity index (χ1) is 11.5. The van der Waals surface area contributed by atoms with Crippen LogP contribution in [0.2, 0.25) is 0 Å². The summed E-state index contributed by atoms with van der Waals surface area (Å²) < 4.78 is 26.4. The van der Waals surface area contributed by atoms with Crippen LogP contribution in [-0.4, -0.2) is 28.0 Å². The SMILES string of the molecule is CCCN1CCc2nc(SCc3cc(F)cc(F)c3)[nH]c(=O)c2C1. The summed E-state index contributed by atoms with van der Waals surface area (Å²) in [5.41, 5.74) is 1.97. The maximum atomic E-state index is 13.2. The molecule has 24 heavy (non-hydrogen) atoms. The van der Waals surface area contributed by atoms with Gasteiger partial charge < -0.3 is 4.98 Å². The van der Waals surface area contributed by atoms with Crippen molar-refractivity contribution in [1.82, 2.24) is 14.9 Å². The van der Waals surface area contributed by atoms with E-state index in [1.165, 1.54) is 23.9 Å². The summed E-state index contributed by atoms with van der Waals surface area (Å²) in [5, 5.41) is 0.493. The predicted octanol–water partition coefficient (Wildman–Crippen LogP) is 3.11. The fourth-order valence-electron chi connectivity index (χ4n) is 2.88. The van der Waals surface area contributed by atoms with Gasteiger partial charge in [-0.05, 0) is 30.7 Å². The topological polar surface area (TPSA) is 49.0 Å². The number of thioether (sulfide) groups is 1. The summed E-state index contributed by atoms with van der Waals surface area (Å²) >= 11 is 1.28. The van der Waals surface area contributed by atoms with Gasteiger partial charge in [0.25, 0.3) is 5.56 Å². The summed E-state index contributed by atoms with van der Waals surface area (Å²) in [4.78, 5) is 21.9. The minimum Gasteiger partial charge on any atom is -0.301 e. The van der Waals surface area contributed by atoms with E-state index in [2.05, 4.69) is 21.8 Å². The number of rotatable bonds is 5. The second-order valence-electron chi connectivity index (χ2n) is 5.89. The molecule has 0 spiro atoms. The van der Waals surface area contributed by atoms with Crippen molar-refractivity contribution in [3.05, 3.63) is 57.0 Å². The van der Waals surface area contributed by atoms with Gasteiger partial charge in [0.05, 0.1) is 11.3 Å². The fraction of sp³-hybridized carbons (Fsp3) is 0.412. The molecule has 0 saturated carbocycles. The molecule has 4 nitrogen and oxygen atoms in total. The summed E-state index contributed by atoms with van der Waals surface area (Å²) in [6, 6.07) is 3.42. The third-order valence-corrected chi connectivity index (χ3v) is 4.91. The van der Waals surface area contributed by atoms with E-state index in [1.807, 2.05) is 0 Å². The van der Waals surface area contributed by atoms with Crippen molar-refractivity contribution in [1.29, 1.82) is 0 Å². The molecule has 1 aliphatic heterocycles. The van der Waals surface area contributed by atoms with Gasteiger partial charge >= 0.3 is 0 Å². The van der Waals surface area contributed by atoms with E-state index in [-0.39, 0.29) is 5.56 Å². The Labute approximate surface area is 143 Å². The predicted molar refractivity (Wildman–Crippen MR) is 90.0 cm³/mol. The lowest BCUT2D eigenvalue weighted by atomic mass is 10.1. The highest BCUT2D eigenvalue weighted by Crippen LogP contribution is 2.22. The van der Waals surface area contributed by atoms with Crippen LogP contribution >= 0.6 is 11.8 Å². The summed E-state index contributed by atoms with van der Waals surface area (Å²) in [6.07, 6.45) is 1.81. The first kappa shape index (κ1) is 17.1. The molecule has 0 radical (unpaired) electrons. The summed E-state index contributed by atoms with van der Waals surface area (Å²) in [5.74, 6) is -0.861. The van der Waals surface area contributed by atoms with E-state index in [0.29, 0.717) is 23.0 Å². The van der Waals surface area contributed by atoms with E-state index in [1.54, 1.807) is 0 Å². The molecule has 1 N–H and O–H groups in total. The highest BCUT2D eigenvalue weighted by Gasteiger charge is 2.20. The highest BCUT2D eigenvalue weighted by atomic mass is 32.2. The fourth-order valence-corrected chi connectivity index (χ4v) is 3.69. The van der Waals surface area contributed by atoms with E-state index in [4.69, 9.17) is 0 Å². The van der Waals surface area contributed by atoms with Crippen molar-refractivity contribution in [2.45, 2.75) is 37.2 Å². The molecule has 0 saturated heterocycles. The maximum Gasteiger partial charge on any atom is 0.256 e. The van der Waals surface area contributed by atoms with Crippen LogP contribution in [0.5, 0.6) is 0 Å². The molecule has 0 fully saturated rings. The van der Waals surface area contributed by atoms with Gasteiger partial charge in [-0.2, -0.15) is 0 Å². The average molecular weight is 351 g/mol. The lowest BCUT2D eigenvalue weighted by molar-refractivity contribution is 0.250. The van der Waals surface area contributed by atoms with Crippen molar-refractivity contribution in [2.75, 3.05) is 13.1 Å². The third-order valence-electron chi connectivity index (χ3n) is 3.96. The molecule has 2 heterocycles. The first-order valence-corrected chi connectivity index (χ1v) is 8.96. The molecule has 2 aromatic rings. The Morgan fingerprint density at radius 2 is 2.04 bits per heavy atom. The highest BCUT2D eigenvalue weighted by molar-refractivity contribution is 7.98. The molecule has 0 amide bonds. The normalized spacial score (nSPS) is 14.6. The van der Waals surface area contributed by atoms with Crippen LogP contribution < -0.4 is 5.56 Å². The Kier molecular flexibility index (Phi) is 5.30. The average Bonchev–Trinajstić information content (AvgIpc) is 2.53. The number of nitrogens with zero attached hydrogens (tertiary/aromatic N) is 2. The zero-order valence-corrected chi connectivity index (χ0v) is 14.3. The minimum absolute atomic E-state index is 0.117. The number of nitrogens with one attached hydrogen (secondary N) is 1. The van der Waals surface area contributed by atoms with Crippen molar-refractivity contribution in [3.8, 4) is 0 Å². The molecule has 1 aliphatic rings. The van der Waals surface area contributed by atoms with E-state index < -0.39 is 11.6 Å². The van der Waals surface area contributed by atoms with E-state index in [0.717, 1.165) is 43.3 Å². The quantitative estimate of drug-likeness (QED) is 0.664. The van der Waals surface area contributed by atoms with Crippen LogP contribution in [-0.2, 0) is 18.7 Å². The molecule has 0 aliphatic carbocycles. The Morgan fingerprint density at radius 3 is 2.75 bits per heavy atom. The van der Waals surface area contributed by atoms with Gasteiger partial charge in [-0.25, -0.2) is 13.8 Å². The molecular weight excluding hydrogens is 332 g/mol. The minimum atomic E-state index is -0.603. The van der Waals surface area contributed by atoms with Crippen LogP contribution in [0.25, 0.3) is 0 Å². The molecule has 7 heteroatoms.